The molecule has 1 atom stereocenters. The summed E-state index contributed by atoms with van der Waals surface area (Å²) in [6.07, 6.45) is 0. The number of hydrogen-bond donors (Lipinski definition) is 1. The van der Waals surface area contributed by atoms with Crippen LogP contribution in [0.4, 0.5) is 8.78 Å². The smallest absolute Gasteiger partial charge is 0.145 e. The lowest BCUT2D eigenvalue weighted by Gasteiger charge is -2.11. The quantitative estimate of drug-likeness (QED) is 0.873. The molecule has 2 aromatic rings. The predicted octanol–water partition coefficient (Wildman–Crippen LogP) is 4.41. The Morgan fingerprint density at radius 3 is 2.50 bits per heavy atom. The molecule has 0 aromatic heterocycles. The van der Waals surface area contributed by atoms with Crippen molar-refractivity contribution >= 4 is 15.9 Å². The first-order valence-corrected chi connectivity index (χ1v) is 6.29. The van der Waals surface area contributed by atoms with Crippen molar-refractivity contribution < 1.29 is 8.78 Å². The minimum Gasteiger partial charge on any atom is -0.324 e. The molecule has 0 bridgehead atoms. The summed E-state index contributed by atoms with van der Waals surface area (Å²) in [6.45, 7) is 1.80. The lowest BCUT2D eigenvalue weighted by Crippen LogP contribution is -2.05. The fraction of sp³-hybridized carbons (Fsp3) is 0.143. The van der Waals surface area contributed by atoms with Gasteiger partial charge in [0.2, 0.25) is 0 Å². The molecule has 2 N–H and O–H groups in total. The molecule has 0 radical (unpaired) electrons. The monoisotopic (exact) mass is 311 g/mol. The molecule has 18 heavy (non-hydrogen) atoms. The molecular weight excluding hydrogens is 300 g/mol. The highest BCUT2D eigenvalue weighted by Crippen LogP contribution is 2.31. The van der Waals surface area contributed by atoms with Gasteiger partial charge in [0.15, 0.2) is 0 Å². The summed E-state index contributed by atoms with van der Waals surface area (Å²) in [6, 6.07) is 9.08. The number of benzene rings is 2. The molecule has 1 unspecified atom stereocenters. The van der Waals surface area contributed by atoms with Crippen LogP contribution >= 0.6 is 15.9 Å². The Kier molecular flexibility index (Phi) is 3.78. The van der Waals surface area contributed by atoms with Gasteiger partial charge in [-0.05, 0) is 46.6 Å². The van der Waals surface area contributed by atoms with E-state index in [1.807, 2.05) is 0 Å². The number of hydrogen-bond acceptors (Lipinski definition) is 1. The van der Waals surface area contributed by atoms with E-state index < -0.39 is 11.6 Å². The van der Waals surface area contributed by atoms with Crippen LogP contribution in [0, 0.1) is 11.6 Å². The van der Waals surface area contributed by atoms with Crippen molar-refractivity contribution in [3.05, 3.63) is 58.1 Å². The Labute approximate surface area is 113 Å². The summed E-state index contributed by atoms with van der Waals surface area (Å²) in [5, 5.41) is 0. The molecule has 0 amide bonds. The highest BCUT2D eigenvalue weighted by Gasteiger charge is 2.13. The van der Waals surface area contributed by atoms with E-state index in [-0.39, 0.29) is 17.2 Å². The average molecular weight is 312 g/mol. The molecule has 0 saturated heterocycles. The lowest BCUT2D eigenvalue weighted by atomic mass is 9.99. The summed E-state index contributed by atoms with van der Waals surface area (Å²) in [5.41, 5.74) is 6.97. The Morgan fingerprint density at radius 2 is 1.83 bits per heavy atom. The summed E-state index contributed by atoms with van der Waals surface area (Å²) in [5.74, 6) is -0.936. The maximum Gasteiger partial charge on any atom is 0.145 e. The van der Waals surface area contributed by atoms with Crippen LogP contribution in [0.2, 0.25) is 0 Å². The Bertz CT molecular complexity index is 582. The van der Waals surface area contributed by atoms with Gasteiger partial charge < -0.3 is 5.73 Å². The fourth-order valence-electron chi connectivity index (χ4n) is 1.74. The molecule has 94 valence electrons. The number of nitrogens with two attached hydrogens (primary N) is 1. The first kappa shape index (κ1) is 13.2. The predicted molar refractivity (Wildman–Crippen MR) is 72.1 cm³/mol. The Balaban J connectivity index is 2.63. The van der Waals surface area contributed by atoms with Gasteiger partial charge in [-0.2, -0.15) is 0 Å². The van der Waals surface area contributed by atoms with Crippen LogP contribution in [0.5, 0.6) is 0 Å². The minimum atomic E-state index is -0.474. The summed E-state index contributed by atoms with van der Waals surface area (Å²) in [7, 11) is 0. The van der Waals surface area contributed by atoms with Crippen LogP contribution in [0.15, 0.2) is 40.9 Å². The van der Waals surface area contributed by atoms with Gasteiger partial charge in [-0.15, -0.1) is 0 Å². The van der Waals surface area contributed by atoms with Crippen molar-refractivity contribution in [2.24, 2.45) is 5.73 Å². The van der Waals surface area contributed by atoms with Gasteiger partial charge in [-0.25, -0.2) is 8.78 Å². The van der Waals surface area contributed by atoms with Crippen LogP contribution in [0.3, 0.4) is 0 Å². The molecule has 0 aliphatic carbocycles. The van der Waals surface area contributed by atoms with Gasteiger partial charge in [0, 0.05) is 17.2 Å². The molecule has 0 spiro atoms. The second-order valence-electron chi connectivity index (χ2n) is 4.13. The summed E-state index contributed by atoms with van der Waals surface area (Å²) >= 11 is 3.09. The van der Waals surface area contributed by atoms with Crippen LogP contribution in [-0.2, 0) is 0 Å². The third-order valence-corrected chi connectivity index (χ3v) is 3.37. The van der Waals surface area contributed by atoms with E-state index in [0.29, 0.717) is 4.47 Å². The molecule has 0 aliphatic rings. The van der Waals surface area contributed by atoms with Crippen molar-refractivity contribution in [1.29, 1.82) is 0 Å². The van der Waals surface area contributed by atoms with Gasteiger partial charge in [-0.1, -0.05) is 18.2 Å². The van der Waals surface area contributed by atoms with E-state index in [1.54, 1.807) is 37.3 Å². The number of rotatable bonds is 2. The Hall–Kier alpha value is -1.26. The van der Waals surface area contributed by atoms with E-state index >= 15 is 0 Å². The van der Waals surface area contributed by atoms with Gasteiger partial charge in [0.05, 0.1) is 4.47 Å². The summed E-state index contributed by atoms with van der Waals surface area (Å²) < 4.78 is 28.1. The highest BCUT2D eigenvalue weighted by atomic mass is 79.9. The van der Waals surface area contributed by atoms with E-state index in [1.165, 1.54) is 6.07 Å². The van der Waals surface area contributed by atoms with Gasteiger partial charge >= 0.3 is 0 Å². The van der Waals surface area contributed by atoms with Gasteiger partial charge in [0.1, 0.15) is 11.6 Å². The SMILES string of the molecule is CC(N)c1ccc(F)c(-c2cccc(Br)c2F)c1. The molecule has 0 saturated carbocycles. The topological polar surface area (TPSA) is 26.0 Å². The number of halogens is 3. The van der Waals surface area contributed by atoms with Gasteiger partial charge in [0.25, 0.3) is 0 Å². The van der Waals surface area contributed by atoms with Crippen LogP contribution in [0.1, 0.15) is 18.5 Å². The zero-order valence-electron chi connectivity index (χ0n) is 9.75. The normalized spacial score (nSPS) is 12.5. The van der Waals surface area contributed by atoms with E-state index in [4.69, 9.17) is 5.73 Å². The maximum atomic E-state index is 14.0. The first-order chi connectivity index (χ1) is 8.50. The average Bonchev–Trinajstić information content (AvgIpc) is 2.33. The molecule has 2 rings (SSSR count). The molecule has 0 aliphatic heterocycles. The largest absolute Gasteiger partial charge is 0.324 e. The molecule has 4 heteroatoms. The lowest BCUT2D eigenvalue weighted by molar-refractivity contribution is 0.611. The molecule has 2 aromatic carbocycles. The molecule has 0 fully saturated rings. The standard InChI is InChI=1S/C14H12BrF2N/c1-8(18)9-5-6-13(16)11(7-9)10-3-2-4-12(15)14(10)17/h2-8H,18H2,1H3. The first-order valence-electron chi connectivity index (χ1n) is 5.50. The third-order valence-electron chi connectivity index (χ3n) is 2.76. The van der Waals surface area contributed by atoms with Crippen molar-refractivity contribution in [3.63, 3.8) is 0 Å². The zero-order chi connectivity index (χ0) is 13.3. The highest BCUT2D eigenvalue weighted by molar-refractivity contribution is 9.10. The van der Waals surface area contributed by atoms with Crippen LogP contribution < -0.4 is 5.73 Å². The third kappa shape index (κ3) is 2.44. The molecule has 0 heterocycles. The van der Waals surface area contributed by atoms with E-state index in [0.717, 1.165) is 5.56 Å². The van der Waals surface area contributed by atoms with E-state index in [9.17, 15) is 8.78 Å². The van der Waals surface area contributed by atoms with Crippen molar-refractivity contribution in [1.82, 2.24) is 0 Å². The second-order valence-corrected chi connectivity index (χ2v) is 4.98. The maximum absolute atomic E-state index is 14.0. The van der Waals surface area contributed by atoms with Crippen molar-refractivity contribution in [2.75, 3.05) is 0 Å². The Morgan fingerprint density at radius 1 is 1.11 bits per heavy atom. The molecule has 1 nitrogen and oxygen atoms in total. The summed E-state index contributed by atoms with van der Waals surface area (Å²) in [4.78, 5) is 0. The zero-order valence-corrected chi connectivity index (χ0v) is 11.3. The van der Waals surface area contributed by atoms with Crippen molar-refractivity contribution in [2.45, 2.75) is 13.0 Å². The second kappa shape index (κ2) is 5.16. The molecular formula is C14H12BrF2N. The van der Waals surface area contributed by atoms with E-state index in [2.05, 4.69) is 15.9 Å². The van der Waals surface area contributed by atoms with Crippen LogP contribution in [-0.4, -0.2) is 0 Å². The fourth-order valence-corrected chi connectivity index (χ4v) is 2.11. The van der Waals surface area contributed by atoms with Gasteiger partial charge in [-0.3, -0.25) is 0 Å². The van der Waals surface area contributed by atoms with Crippen LogP contribution in [0.25, 0.3) is 11.1 Å². The minimum absolute atomic E-state index is 0.223. The van der Waals surface area contributed by atoms with Crippen molar-refractivity contribution in [3.8, 4) is 11.1 Å².